The number of piperidine rings is 1. The van der Waals surface area contributed by atoms with Crippen molar-refractivity contribution >= 4 is 34.3 Å². The van der Waals surface area contributed by atoms with Crippen LogP contribution >= 0.6 is 0 Å². The van der Waals surface area contributed by atoms with E-state index in [0.29, 0.717) is 47.4 Å². The molecule has 2 aliphatic rings. The number of fused-ring (bicyclic) bond motifs is 2. The van der Waals surface area contributed by atoms with Gasteiger partial charge in [0.1, 0.15) is 36.3 Å². The second-order valence-corrected chi connectivity index (χ2v) is 9.05. The summed E-state index contributed by atoms with van der Waals surface area (Å²) in [6, 6.07) is 13.0. The lowest BCUT2D eigenvalue weighted by Gasteiger charge is -2.24. The first-order chi connectivity index (χ1) is 18.4. The molecule has 6 rings (SSSR count). The predicted molar refractivity (Wildman–Crippen MR) is 137 cm³/mol. The standard InChI is InChI=1S/C27H23N5O6/c1-15-28-24-17(27(36)32(15)20-8-10-23(33)30-26(20)35)4-2-5-18(24)29-25(34)19-6-3-11-31(19)16-7-9-21-22(14-16)38-13-12-37-21/h2-7,9,11,14,20H,8,10,12-13H2,1H3,(H,29,34)(H,30,33,35). The summed E-state index contributed by atoms with van der Waals surface area (Å²) in [5.41, 5.74) is 1.34. The van der Waals surface area contributed by atoms with Crippen LogP contribution in [0.1, 0.15) is 35.2 Å². The van der Waals surface area contributed by atoms with Gasteiger partial charge in [-0.1, -0.05) is 6.07 Å². The van der Waals surface area contributed by atoms with E-state index in [-0.39, 0.29) is 24.1 Å². The molecule has 1 atom stereocenters. The number of aryl methyl sites for hydroxylation is 1. The van der Waals surface area contributed by atoms with Gasteiger partial charge < -0.3 is 19.4 Å². The lowest BCUT2D eigenvalue weighted by molar-refractivity contribution is -0.135. The molecule has 11 nitrogen and oxygen atoms in total. The van der Waals surface area contributed by atoms with Crippen LogP contribution in [0.2, 0.25) is 0 Å². The van der Waals surface area contributed by atoms with Gasteiger partial charge in [-0.25, -0.2) is 4.98 Å². The van der Waals surface area contributed by atoms with Crippen LogP contribution in [0.4, 0.5) is 5.69 Å². The number of imide groups is 1. The number of para-hydroxylation sites is 1. The smallest absolute Gasteiger partial charge is 0.272 e. The van der Waals surface area contributed by atoms with E-state index < -0.39 is 23.4 Å². The molecule has 2 aromatic carbocycles. The fourth-order valence-corrected chi connectivity index (χ4v) is 4.88. The third-order valence-corrected chi connectivity index (χ3v) is 6.66. The van der Waals surface area contributed by atoms with E-state index in [9.17, 15) is 19.2 Å². The van der Waals surface area contributed by atoms with Crippen molar-refractivity contribution in [2.45, 2.75) is 25.8 Å². The molecule has 0 bridgehead atoms. The first-order valence-electron chi connectivity index (χ1n) is 12.1. The first kappa shape index (κ1) is 23.5. The number of rotatable bonds is 4. The number of nitrogens with zero attached hydrogens (tertiary/aromatic N) is 3. The maximum absolute atomic E-state index is 13.4. The molecule has 4 heterocycles. The third kappa shape index (κ3) is 3.97. The molecule has 2 aliphatic heterocycles. The summed E-state index contributed by atoms with van der Waals surface area (Å²) in [6.45, 7) is 2.56. The molecule has 2 N–H and O–H groups in total. The summed E-state index contributed by atoms with van der Waals surface area (Å²) in [5.74, 6) is 0.270. The van der Waals surface area contributed by atoms with E-state index in [1.54, 1.807) is 54.1 Å². The highest BCUT2D eigenvalue weighted by atomic mass is 16.6. The molecule has 1 fully saturated rings. The Morgan fingerprint density at radius 2 is 1.87 bits per heavy atom. The number of amides is 3. The number of hydrogen-bond donors (Lipinski definition) is 2. The Morgan fingerprint density at radius 3 is 2.68 bits per heavy atom. The van der Waals surface area contributed by atoms with Crippen LogP contribution in [-0.2, 0) is 9.59 Å². The fourth-order valence-electron chi connectivity index (χ4n) is 4.88. The number of carbonyl (C=O) groups excluding carboxylic acids is 3. The van der Waals surface area contributed by atoms with E-state index in [1.807, 2.05) is 12.1 Å². The molecule has 192 valence electrons. The minimum Gasteiger partial charge on any atom is -0.486 e. The highest BCUT2D eigenvalue weighted by Crippen LogP contribution is 2.32. The molecule has 0 radical (unpaired) electrons. The van der Waals surface area contributed by atoms with Crippen molar-refractivity contribution in [1.82, 2.24) is 19.4 Å². The Hall–Kier alpha value is -4.93. The van der Waals surface area contributed by atoms with Gasteiger partial charge in [-0.3, -0.25) is 29.1 Å². The minimum atomic E-state index is -0.829. The lowest BCUT2D eigenvalue weighted by atomic mass is 10.1. The second-order valence-electron chi connectivity index (χ2n) is 9.05. The minimum absolute atomic E-state index is 0.138. The average Bonchev–Trinajstić information content (AvgIpc) is 3.40. The molecule has 0 saturated carbocycles. The van der Waals surface area contributed by atoms with Gasteiger partial charge in [0.15, 0.2) is 11.5 Å². The van der Waals surface area contributed by atoms with Crippen molar-refractivity contribution in [1.29, 1.82) is 0 Å². The Kier molecular flexibility index (Phi) is 5.67. The Labute approximate surface area is 216 Å². The van der Waals surface area contributed by atoms with Gasteiger partial charge in [-0.05, 0) is 49.7 Å². The van der Waals surface area contributed by atoms with Crippen molar-refractivity contribution in [3.63, 3.8) is 0 Å². The Bertz CT molecular complexity index is 1690. The summed E-state index contributed by atoms with van der Waals surface area (Å²) in [7, 11) is 0. The number of carbonyl (C=O) groups is 3. The summed E-state index contributed by atoms with van der Waals surface area (Å²) in [5, 5.41) is 5.41. The number of nitrogens with one attached hydrogen (secondary N) is 2. The summed E-state index contributed by atoms with van der Waals surface area (Å²) in [4.78, 5) is 55.4. The number of aromatic nitrogens is 3. The molecule has 3 amide bonds. The van der Waals surface area contributed by atoms with Crippen LogP contribution < -0.4 is 25.7 Å². The van der Waals surface area contributed by atoms with Gasteiger partial charge in [-0.15, -0.1) is 0 Å². The monoisotopic (exact) mass is 513 g/mol. The molecule has 11 heteroatoms. The molecular formula is C27H23N5O6. The van der Waals surface area contributed by atoms with Gasteiger partial charge in [0, 0.05) is 24.4 Å². The molecule has 2 aromatic heterocycles. The van der Waals surface area contributed by atoms with Gasteiger partial charge in [0.2, 0.25) is 11.8 Å². The van der Waals surface area contributed by atoms with E-state index in [1.165, 1.54) is 4.57 Å². The normalized spacial score (nSPS) is 16.8. The van der Waals surface area contributed by atoms with Gasteiger partial charge >= 0.3 is 0 Å². The van der Waals surface area contributed by atoms with E-state index in [4.69, 9.17) is 9.47 Å². The maximum atomic E-state index is 13.4. The van der Waals surface area contributed by atoms with Crippen LogP contribution in [0.15, 0.2) is 59.5 Å². The topological polar surface area (TPSA) is 134 Å². The van der Waals surface area contributed by atoms with Gasteiger partial charge in [-0.2, -0.15) is 0 Å². The fraction of sp³-hybridized carbons (Fsp3) is 0.222. The van der Waals surface area contributed by atoms with Crippen molar-refractivity contribution in [2.75, 3.05) is 18.5 Å². The van der Waals surface area contributed by atoms with E-state index in [0.717, 1.165) is 5.69 Å². The third-order valence-electron chi connectivity index (χ3n) is 6.66. The quantitative estimate of drug-likeness (QED) is 0.401. The Balaban J connectivity index is 1.33. The molecule has 0 spiro atoms. The molecule has 1 unspecified atom stereocenters. The molecule has 0 aliphatic carbocycles. The van der Waals surface area contributed by atoms with Gasteiger partial charge in [0.25, 0.3) is 11.5 Å². The summed E-state index contributed by atoms with van der Waals surface area (Å²) < 4.78 is 14.3. The zero-order valence-corrected chi connectivity index (χ0v) is 20.4. The highest BCUT2D eigenvalue weighted by molar-refractivity contribution is 6.08. The molecule has 38 heavy (non-hydrogen) atoms. The summed E-state index contributed by atoms with van der Waals surface area (Å²) in [6.07, 6.45) is 2.12. The van der Waals surface area contributed by atoms with E-state index in [2.05, 4.69) is 15.6 Å². The van der Waals surface area contributed by atoms with Crippen LogP contribution in [0.3, 0.4) is 0 Å². The molecule has 4 aromatic rings. The lowest BCUT2D eigenvalue weighted by Crippen LogP contribution is -2.45. The highest BCUT2D eigenvalue weighted by Gasteiger charge is 2.30. The maximum Gasteiger partial charge on any atom is 0.272 e. The van der Waals surface area contributed by atoms with Crippen molar-refractivity contribution in [2.24, 2.45) is 0 Å². The average molecular weight is 514 g/mol. The van der Waals surface area contributed by atoms with Crippen molar-refractivity contribution < 1.29 is 23.9 Å². The zero-order valence-electron chi connectivity index (χ0n) is 20.4. The number of hydrogen-bond acceptors (Lipinski definition) is 7. The van der Waals surface area contributed by atoms with Crippen LogP contribution in [0.25, 0.3) is 16.6 Å². The van der Waals surface area contributed by atoms with Crippen molar-refractivity contribution in [3.8, 4) is 17.2 Å². The SMILES string of the molecule is Cc1nc2c(NC(=O)c3cccn3-c3ccc4c(c3)OCCO4)cccc2c(=O)n1C1CCC(=O)NC1=O. The summed E-state index contributed by atoms with van der Waals surface area (Å²) >= 11 is 0. The van der Waals surface area contributed by atoms with E-state index >= 15 is 0 Å². The molecule has 1 saturated heterocycles. The predicted octanol–water partition coefficient (Wildman–Crippen LogP) is 2.50. The first-order valence-corrected chi connectivity index (χ1v) is 12.1. The van der Waals surface area contributed by atoms with Crippen LogP contribution in [-0.4, -0.2) is 45.1 Å². The largest absolute Gasteiger partial charge is 0.486 e. The van der Waals surface area contributed by atoms with Crippen LogP contribution in [0.5, 0.6) is 11.5 Å². The second kappa shape index (κ2) is 9.18. The number of ether oxygens (including phenoxy) is 2. The Morgan fingerprint density at radius 1 is 1.05 bits per heavy atom. The molecular weight excluding hydrogens is 490 g/mol. The number of anilines is 1. The number of benzene rings is 2. The van der Waals surface area contributed by atoms with Crippen molar-refractivity contribution in [3.05, 3.63) is 76.6 Å². The van der Waals surface area contributed by atoms with Crippen LogP contribution in [0, 0.1) is 6.92 Å². The zero-order chi connectivity index (χ0) is 26.4. The van der Waals surface area contributed by atoms with Gasteiger partial charge in [0.05, 0.1) is 11.1 Å².